The van der Waals surface area contributed by atoms with E-state index in [-0.39, 0.29) is 17.1 Å². The summed E-state index contributed by atoms with van der Waals surface area (Å²) < 4.78 is 47.1. The lowest BCUT2D eigenvalue weighted by atomic mass is 9.87. The van der Waals surface area contributed by atoms with E-state index in [4.69, 9.17) is 4.74 Å². The van der Waals surface area contributed by atoms with Crippen LogP contribution < -0.4 is 4.74 Å². The van der Waals surface area contributed by atoms with Crippen molar-refractivity contribution in [1.82, 2.24) is 5.01 Å². The number of hydrazone groups is 1. The number of amides is 1. The number of hydrogen-bond donors (Lipinski definition) is 1. The van der Waals surface area contributed by atoms with Gasteiger partial charge in [0.25, 0.3) is 11.6 Å². The highest BCUT2D eigenvalue weighted by molar-refractivity contribution is 5.93. The fourth-order valence-electron chi connectivity index (χ4n) is 4.23. The molecule has 2 atom stereocenters. The van der Waals surface area contributed by atoms with Crippen molar-refractivity contribution in [3.8, 4) is 5.75 Å². The molecule has 0 bridgehead atoms. The first-order valence-electron chi connectivity index (χ1n) is 9.46. The van der Waals surface area contributed by atoms with Crippen LogP contribution in [0.15, 0.2) is 17.2 Å². The van der Waals surface area contributed by atoms with Gasteiger partial charge in [-0.25, -0.2) is 0 Å². The largest absolute Gasteiger partial charge is 0.483 e. The van der Waals surface area contributed by atoms with E-state index in [1.807, 2.05) is 19.1 Å². The number of ether oxygens (including phenoxy) is 1. The molecule has 5 nitrogen and oxygen atoms in total. The first kappa shape index (κ1) is 20.6. The number of carbonyl (C=O) groups is 1. The Hall–Kier alpha value is -2.09. The number of alkyl halides is 3. The minimum absolute atomic E-state index is 0.148. The molecule has 3 rings (SSSR count). The van der Waals surface area contributed by atoms with Crippen molar-refractivity contribution in [3.63, 3.8) is 0 Å². The molecule has 2 aliphatic rings. The van der Waals surface area contributed by atoms with Gasteiger partial charge in [0.1, 0.15) is 5.75 Å². The van der Waals surface area contributed by atoms with Gasteiger partial charge in [-0.05, 0) is 51.2 Å². The zero-order chi connectivity index (χ0) is 20.7. The molecule has 154 valence electrons. The summed E-state index contributed by atoms with van der Waals surface area (Å²) in [5.74, 6) is -1.78. The van der Waals surface area contributed by atoms with Crippen LogP contribution in [0.2, 0.25) is 0 Å². The van der Waals surface area contributed by atoms with E-state index >= 15 is 0 Å². The number of fused-ring (bicyclic) bond motifs is 1. The number of halogens is 3. The molecule has 1 saturated carbocycles. The topological polar surface area (TPSA) is 62.1 Å². The van der Waals surface area contributed by atoms with Crippen LogP contribution in [0.1, 0.15) is 48.8 Å². The second-order valence-corrected chi connectivity index (χ2v) is 7.69. The third kappa shape index (κ3) is 3.50. The van der Waals surface area contributed by atoms with Gasteiger partial charge >= 0.3 is 6.18 Å². The summed E-state index contributed by atoms with van der Waals surface area (Å²) in [5, 5.41) is 14.7. The number of rotatable bonds is 3. The SMILES string of the molecule is Cc1cc(C)c(OCC(=O)N2N=C3CCCCC[C@@H]3[C@]2(O)C(F)(F)F)c(C)c1. The maximum Gasteiger partial charge on any atom is 0.439 e. The molecule has 1 amide bonds. The second kappa shape index (κ2) is 7.39. The summed E-state index contributed by atoms with van der Waals surface area (Å²) in [6, 6.07) is 3.74. The fraction of sp³-hybridized carbons (Fsp3) is 0.600. The van der Waals surface area contributed by atoms with Crippen LogP contribution in [0.25, 0.3) is 0 Å². The number of aliphatic hydroxyl groups is 1. The Morgan fingerprint density at radius 2 is 1.89 bits per heavy atom. The standard InChI is InChI=1S/C20H25F3N2O3/c1-12-9-13(2)18(14(3)10-12)28-11-17(26)25-19(27,20(21,22)23)15-7-5-4-6-8-16(15)24-25/h9-10,15,27H,4-8,11H2,1-3H3/t15-,19-/m0/s1. The number of aryl methyl sites for hydroxylation is 3. The van der Waals surface area contributed by atoms with Crippen molar-refractivity contribution in [2.45, 2.75) is 64.8 Å². The Morgan fingerprint density at radius 1 is 1.25 bits per heavy atom. The monoisotopic (exact) mass is 398 g/mol. The van der Waals surface area contributed by atoms with E-state index in [0.29, 0.717) is 25.0 Å². The first-order chi connectivity index (χ1) is 13.1. The smallest absolute Gasteiger partial charge is 0.439 e. The van der Waals surface area contributed by atoms with Gasteiger partial charge in [0, 0.05) is 5.71 Å². The summed E-state index contributed by atoms with van der Waals surface area (Å²) in [5.41, 5.74) is -0.479. The van der Waals surface area contributed by atoms with E-state index in [9.17, 15) is 23.1 Å². The Morgan fingerprint density at radius 3 is 2.50 bits per heavy atom. The summed E-state index contributed by atoms with van der Waals surface area (Å²) >= 11 is 0. The highest BCUT2D eigenvalue weighted by atomic mass is 19.4. The maximum absolute atomic E-state index is 13.8. The molecular formula is C20H25F3N2O3. The van der Waals surface area contributed by atoms with E-state index in [1.165, 1.54) is 0 Å². The van der Waals surface area contributed by atoms with Crippen LogP contribution in [0.3, 0.4) is 0 Å². The van der Waals surface area contributed by atoms with Crippen molar-refractivity contribution < 1.29 is 27.8 Å². The molecule has 0 spiro atoms. The quantitative estimate of drug-likeness (QED) is 0.837. The van der Waals surface area contributed by atoms with Crippen LogP contribution in [-0.4, -0.2) is 40.2 Å². The van der Waals surface area contributed by atoms with Gasteiger partial charge in [-0.1, -0.05) is 30.5 Å². The lowest BCUT2D eigenvalue weighted by Crippen LogP contribution is -2.61. The third-order valence-corrected chi connectivity index (χ3v) is 5.46. The number of carbonyl (C=O) groups excluding carboxylic acids is 1. The molecule has 8 heteroatoms. The van der Waals surface area contributed by atoms with Crippen LogP contribution in [0, 0.1) is 26.7 Å². The molecule has 1 heterocycles. The summed E-state index contributed by atoms with van der Waals surface area (Å²) in [6.45, 7) is 4.90. The lowest BCUT2D eigenvalue weighted by molar-refractivity contribution is -0.317. The predicted octanol–water partition coefficient (Wildman–Crippen LogP) is 4.02. The van der Waals surface area contributed by atoms with Crippen molar-refractivity contribution in [2.75, 3.05) is 6.61 Å². The van der Waals surface area contributed by atoms with Gasteiger partial charge in [-0.3, -0.25) is 4.79 Å². The molecule has 1 aromatic rings. The Bertz CT molecular complexity index is 783. The number of nitrogens with zero attached hydrogens (tertiary/aromatic N) is 2. The van der Waals surface area contributed by atoms with Gasteiger partial charge in [-0.2, -0.15) is 23.3 Å². The molecule has 1 aliphatic heterocycles. The van der Waals surface area contributed by atoms with Crippen molar-refractivity contribution in [2.24, 2.45) is 11.0 Å². The molecule has 0 unspecified atom stereocenters. The average molecular weight is 398 g/mol. The van der Waals surface area contributed by atoms with Gasteiger partial charge < -0.3 is 9.84 Å². The molecule has 1 fully saturated rings. The average Bonchev–Trinajstić information content (AvgIpc) is 2.74. The van der Waals surface area contributed by atoms with Gasteiger partial charge in [0.05, 0.1) is 5.92 Å². The predicted molar refractivity (Wildman–Crippen MR) is 98.0 cm³/mol. The summed E-state index contributed by atoms with van der Waals surface area (Å²) in [7, 11) is 0. The van der Waals surface area contributed by atoms with Crippen LogP contribution in [0.5, 0.6) is 5.75 Å². The van der Waals surface area contributed by atoms with E-state index < -0.39 is 30.3 Å². The van der Waals surface area contributed by atoms with Crippen molar-refractivity contribution >= 4 is 11.6 Å². The number of benzene rings is 1. The molecule has 0 saturated heterocycles. The highest BCUT2D eigenvalue weighted by Gasteiger charge is 2.68. The van der Waals surface area contributed by atoms with Crippen LogP contribution in [-0.2, 0) is 4.79 Å². The molecular weight excluding hydrogens is 373 g/mol. The van der Waals surface area contributed by atoms with Crippen molar-refractivity contribution in [1.29, 1.82) is 0 Å². The molecule has 0 aromatic heterocycles. The van der Waals surface area contributed by atoms with Gasteiger partial charge in [0.2, 0.25) is 0 Å². The second-order valence-electron chi connectivity index (χ2n) is 7.69. The van der Waals surface area contributed by atoms with Crippen LogP contribution >= 0.6 is 0 Å². The third-order valence-electron chi connectivity index (χ3n) is 5.46. The van der Waals surface area contributed by atoms with Gasteiger partial charge in [-0.15, -0.1) is 0 Å². The molecule has 0 radical (unpaired) electrons. The number of hydrogen-bond acceptors (Lipinski definition) is 4. The van der Waals surface area contributed by atoms with Gasteiger partial charge in [0.15, 0.2) is 6.61 Å². The fourth-order valence-corrected chi connectivity index (χ4v) is 4.23. The zero-order valence-electron chi connectivity index (χ0n) is 16.3. The minimum Gasteiger partial charge on any atom is -0.483 e. The first-order valence-corrected chi connectivity index (χ1v) is 9.46. The van der Waals surface area contributed by atoms with E-state index in [0.717, 1.165) is 23.1 Å². The Labute approximate surface area is 162 Å². The summed E-state index contributed by atoms with van der Waals surface area (Å²) in [6.07, 6.45) is -2.48. The molecule has 1 N–H and O–H groups in total. The molecule has 1 aromatic carbocycles. The molecule has 1 aliphatic carbocycles. The van der Waals surface area contributed by atoms with Crippen molar-refractivity contribution in [3.05, 3.63) is 28.8 Å². The highest BCUT2D eigenvalue weighted by Crippen LogP contribution is 2.47. The summed E-state index contributed by atoms with van der Waals surface area (Å²) in [4.78, 5) is 12.6. The lowest BCUT2D eigenvalue weighted by Gasteiger charge is -2.37. The normalized spacial score (nSPS) is 25.2. The van der Waals surface area contributed by atoms with E-state index in [1.54, 1.807) is 13.8 Å². The zero-order valence-corrected chi connectivity index (χ0v) is 16.3. The Balaban J connectivity index is 1.85. The molecule has 28 heavy (non-hydrogen) atoms. The minimum atomic E-state index is -5.02. The maximum atomic E-state index is 13.8. The van der Waals surface area contributed by atoms with Crippen LogP contribution in [0.4, 0.5) is 13.2 Å². The Kier molecular flexibility index (Phi) is 5.44. The van der Waals surface area contributed by atoms with E-state index in [2.05, 4.69) is 5.10 Å².